The molecule has 7 heteroatoms. The first-order chi connectivity index (χ1) is 14.6. The Bertz CT molecular complexity index is 767. The largest absolute Gasteiger partial charge is 0.356 e. The lowest BCUT2D eigenvalue weighted by atomic mass is 9.83. The monoisotopic (exact) mass is 412 g/mol. The van der Waals surface area contributed by atoms with Crippen LogP contribution in [-0.4, -0.2) is 59.4 Å². The van der Waals surface area contributed by atoms with E-state index in [2.05, 4.69) is 15.5 Å². The molecule has 2 N–H and O–H groups in total. The van der Waals surface area contributed by atoms with Crippen LogP contribution in [0.4, 0.5) is 4.79 Å². The molecule has 1 unspecified atom stereocenters. The molecule has 30 heavy (non-hydrogen) atoms. The van der Waals surface area contributed by atoms with Gasteiger partial charge in [0.1, 0.15) is 6.04 Å². The fourth-order valence-electron chi connectivity index (χ4n) is 5.11. The van der Waals surface area contributed by atoms with E-state index in [1.165, 1.54) is 50.1 Å². The molecule has 7 nitrogen and oxygen atoms in total. The standard InChI is InChI=1S/C23H32N4O3/c28-21(24-15-18-9-6-14-26-13-5-4-10-20(18)26)12-11-19-22(29)27(23(30)25-19)16-17-7-2-1-3-8-17/h1-3,7-8,18-20H,4-6,9-16H2,(H,24,28)(H,25,30)/t18-,19-,20?/m0/s1. The van der Waals surface area contributed by atoms with Crippen molar-refractivity contribution in [2.24, 2.45) is 5.92 Å². The van der Waals surface area contributed by atoms with Gasteiger partial charge in [-0.25, -0.2) is 4.79 Å². The average molecular weight is 413 g/mol. The van der Waals surface area contributed by atoms with Crippen molar-refractivity contribution in [1.82, 2.24) is 20.4 Å². The van der Waals surface area contributed by atoms with E-state index in [1.54, 1.807) is 0 Å². The van der Waals surface area contributed by atoms with E-state index in [4.69, 9.17) is 0 Å². The molecular weight excluding hydrogens is 380 g/mol. The minimum Gasteiger partial charge on any atom is -0.356 e. The van der Waals surface area contributed by atoms with Crippen molar-refractivity contribution in [3.63, 3.8) is 0 Å². The van der Waals surface area contributed by atoms with Crippen LogP contribution in [0.1, 0.15) is 50.5 Å². The van der Waals surface area contributed by atoms with Crippen molar-refractivity contribution in [1.29, 1.82) is 0 Å². The van der Waals surface area contributed by atoms with Gasteiger partial charge in [-0.05, 0) is 56.7 Å². The molecule has 4 rings (SSSR count). The van der Waals surface area contributed by atoms with Gasteiger partial charge in [0.05, 0.1) is 6.54 Å². The van der Waals surface area contributed by atoms with Gasteiger partial charge in [0.25, 0.3) is 5.91 Å². The topological polar surface area (TPSA) is 81.8 Å². The lowest BCUT2D eigenvalue weighted by Crippen LogP contribution is -2.51. The third kappa shape index (κ3) is 4.83. The van der Waals surface area contributed by atoms with Crippen LogP contribution in [0, 0.1) is 5.92 Å². The van der Waals surface area contributed by atoms with Gasteiger partial charge in [0.15, 0.2) is 0 Å². The van der Waals surface area contributed by atoms with Gasteiger partial charge in [-0.2, -0.15) is 0 Å². The maximum atomic E-state index is 12.6. The summed E-state index contributed by atoms with van der Waals surface area (Å²) < 4.78 is 0. The van der Waals surface area contributed by atoms with E-state index in [-0.39, 0.29) is 30.8 Å². The van der Waals surface area contributed by atoms with Crippen molar-refractivity contribution in [2.45, 2.75) is 63.6 Å². The van der Waals surface area contributed by atoms with Gasteiger partial charge >= 0.3 is 6.03 Å². The molecule has 1 aromatic carbocycles. The Kier molecular flexibility index (Phi) is 6.67. The number of amides is 4. The third-order valence-electron chi connectivity index (χ3n) is 6.74. The smallest absolute Gasteiger partial charge is 0.325 e. The molecule has 162 valence electrons. The molecular formula is C23H32N4O3. The van der Waals surface area contributed by atoms with E-state index in [0.717, 1.165) is 5.56 Å². The number of carbonyl (C=O) groups is 3. The van der Waals surface area contributed by atoms with Gasteiger partial charge in [-0.15, -0.1) is 0 Å². The van der Waals surface area contributed by atoms with Gasteiger partial charge in [-0.1, -0.05) is 36.8 Å². The number of benzene rings is 1. The van der Waals surface area contributed by atoms with Crippen molar-refractivity contribution in [2.75, 3.05) is 19.6 Å². The molecule has 4 amide bonds. The highest BCUT2D eigenvalue weighted by atomic mass is 16.2. The second kappa shape index (κ2) is 9.60. The van der Waals surface area contributed by atoms with Crippen LogP contribution in [0.2, 0.25) is 0 Å². The number of fused-ring (bicyclic) bond motifs is 1. The third-order valence-corrected chi connectivity index (χ3v) is 6.74. The highest BCUT2D eigenvalue weighted by molar-refractivity contribution is 6.04. The molecule has 3 aliphatic heterocycles. The number of hydrogen-bond donors (Lipinski definition) is 2. The molecule has 0 saturated carbocycles. The first kappa shape index (κ1) is 20.8. The summed E-state index contributed by atoms with van der Waals surface area (Å²) in [5.41, 5.74) is 0.906. The summed E-state index contributed by atoms with van der Waals surface area (Å²) in [6, 6.07) is 9.05. The predicted molar refractivity (Wildman–Crippen MR) is 113 cm³/mol. The number of hydrogen-bond acceptors (Lipinski definition) is 4. The van der Waals surface area contributed by atoms with E-state index in [9.17, 15) is 14.4 Å². The van der Waals surface area contributed by atoms with E-state index in [1.807, 2.05) is 30.3 Å². The van der Waals surface area contributed by atoms with Crippen LogP contribution in [0.3, 0.4) is 0 Å². The number of nitrogens with zero attached hydrogens (tertiary/aromatic N) is 2. The Labute approximate surface area is 178 Å². The lowest BCUT2D eigenvalue weighted by Gasteiger charge is -2.44. The first-order valence-electron chi connectivity index (χ1n) is 11.3. The van der Waals surface area contributed by atoms with Crippen molar-refractivity contribution >= 4 is 17.8 Å². The highest BCUT2D eigenvalue weighted by Gasteiger charge is 2.38. The van der Waals surface area contributed by atoms with Gasteiger partial charge < -0.3 is 15.5 Å². The minimum absolute atomic E-state index is 0.0357. The number of carbonyl (C=O) groups excluding carboxylic acids is 3. The Balaban J connectivity index is 1.22. The molecule has 1 aromatic rings. The van der Waals surface area contributed by atoms with E-state index in [0.29, 0.717) is 24.9 Å². The maximum Gasteiger partial charge on any atom is 0.325 e. The van der Waals surface area contributed by atoms with Crippen molar-refractivity contribution in [3.05, 3.63) is 35.9 Å². The average Bonchev–Trinajstić information content (AvgIpc) is 3.04. The number of imide groups is 1. The molecule has 3 atom stereocenters. The molecule has 3 heterocycles. The zero-order valence-electron chi connectivity index (χ0n) is 17.5. The molecule has 0 aliphatic carbocycles. The molecule has 0 aromatic heterocycles. The summed E-state index contributed by atoms with van der Waals surface area (Å²) in [5.74, 6) is 0.241. The fourth-order valence-corrected chi connectivity index (χ4v) is 5.11. The summed E-state index contributed by atoms with van der Waals surface area (Å²) >= 11 is 0. The van der Waals surface area contributed by atoms with Gasteiger partial charge in [0, 0.05) is 19.0 Å². The normalized spacial score (nSPS) is 26.9. The van der Waals surface area contributed by atoms with Crippen LogP contribution < -0.4 is 10.6 Å². The fraction of sp³-hybridized carbons (Fsp3) is 0.609. The number of nitrogens with one attached hydrogen (secondary N) is 2. The number of piperidine rings is 2. The Morgan fingerprint density at radius 2 is 1.87 bits per heavy atom. The maximum absolute atomic E-state index is 12.6. The zero-order valence-corrected chi connectivity index (χ0v) is 17.5. The Morgan fingerprint density at radius 3 is 2.70 bits per heavy atom. The zero-order chi connectivity index (χ0) is 20.9. The Morgan fingerprint density at radius 1 is 1.07 bits per heavy atom. The summed E-state index contributed by atoms with van der Waals surface area (Å²) in [7, 11) is 0. The summed E-state index contributed by atoms with van der Waals surface area (Å²) in [5, 5.41) is 5.81. The summed E-state index contributed by atoms with van der Waals surface area (Å²) in [6.45, 7) is 3.36. The quantitative estimate of drug-likeness (QED) is 0.673. The number of urea groups is 1. The van der Waals surface area contributed by atoms with Gasteiger partial charge in [0.2, 0.25) is 5.91 Å². The second-order valence-corrected chi connectivity index (χ2v) is 8.76. The van der Waals surface area contributed by atoms with Crippen molar-refractivity contribution in [3.8, 4) is 0 Å². The van der Waals surface area contributed by atoms with Crippen LogP contribution >= 0.6 is 0 Å². The highest BCUT2D eigenvalue weighted by Crippen LogP contribution is 2.30. The molecule has 0 spiro atoms. The summed E-state index contributed by atoms with van der Waals surface area (Å²) in [6.07, 6.45) is 6.77. The van der Waals surface area contributed by atoms with Crippen LogP contribution in [0.15, 0.2) is 30.3 Å². The molecule has 0 bridgehead atoms. The van der Waals surface area contributed by atoms with Crippen LogP contribution in [-0.2, 0) is 16.1 Å². The van der Waals surface area contributed by atoms with E-state index >= 15 is 0 Å². The SMILES string of the molecule is O=C(CC[C@@H]1NC(=O)N(Cc2ccccc2)C1=O)NC[C@@H]1CCCN2CCCCC12. The van der Waals surface area contributed by atoms with Crippen LogP contribution in [0.5, 0.6) is 0 Å². The van der Waals surface area contributed by atoms with Crippen molar-refractivity contribution < 1.29 is 14.4 Å². The van der Waals surface area contributed by atoms with Crippen LogP contribution in [0.25, 0.3) is 0 Å². The Hall–Kier alpha value is -2.41. The second-order valence-electron chi connectivity index (χ2n) is 8.76. The molecule has 3 aliphatic rings. The first-order valence-corrected chi connectivity index (χ1v) is 11.3. The van der Waals surface area contributed by atoms with E-state index < -0.39 is 6.04 Å². The predicted octanol–water partition coefficient (Wildman–Crippen LogP) is 2.27. The lowest BCUT2D eigenvalue weighted by molar-refractivity contribution is -0.128. The molecule has 3 saturated heterocycles. The minimum atomic E-state index is -0.615. The molecule has 0 radical (unpaired) electrons. The number of rotatable bonds is 7. The molecule has 3 fully saturated rings. The van der Waals surface area contributed by atoms with Gasteiger partial charge in [-0.3, -0.25) is 14.5 Å². The summed E-state index contributed by atoms with van der Waals surface area (Å²) in [4.78, 5) is 41.0.